The Morgan fingerprint density at radius 2 is 1.93 bits per heavy atom. The molecular weight excluding hydrogens is 364 g/mol. The first kappa shape index (κ1) is 19.6. The Labute approximate surface area is 168 Å². The minimum atomic E-state index is -0.557. The van der Waals surface area contributed by atoms with Gasteiger partial charge in [0.05, 0.1) is 5.56 Å². The maximum absolute atomic E-state index is 11.9. The van der Waals surface area contributed by atoms with Crippen LogP contribution in [0.25, 0.3) is 11.1 Å². The summed E-state index contributed by atoms with van der Waals surface area (Å²) in [5.41, 5.74) is 8.95. The molecular formula is C22H20N6O. The maximum atomic E-state index is 11.9. The van der Waals surface area contributed by atoms with Crippen molar-refractivity contribution in [2.75, 3.05) is 16.4 Å². The molecule has 7 nitrogen and oxygen atoms in total. The number of nitrogens with zero attached hydrogens (tertiary/aromatic N) is 3. The molecule has 0 bridgehead atoms. The van der Waals surface area contributed by atoms with E-state index in [1.807, 2.05) is 43.3 Å². The first-order valence-electron chi connectivity index (χ1n) is 8.92. The molecule has 29 heavy (non-hydrogen) atoms. The van der Waals surface area contributed by atoms with Crippen molar-refractivity contribution in [2.45, 2.75) is 13.0 Å². The molecule has 1 atom stereocenters. The topological polar surface area (TPSA) is 117 Å². The number of aromatic nitrogens is 2. The molecule has 1 unspecified atom stereocenters. The van der Waals surface area contributed by atoms with E-state index in [0.29, 0.717) is 22.9 Å². The van der Waals surface area contributed by atoms with Crippen molar-refractivity contribution in [3.8, 4) is 17.2 Å². The highest BCUT2D eigenvalue weighted by Crippen LogP contribution is 2.33. The Morgan fingerprint density at radius 1 is 1.17 bits per heavy atom. The highest BCUT2D eigenvalue weighted by Gasteiger charge is 2.16. The van der Waals surface area contributed by atoms with Gasteiger partial charge in [0.1, 0.15) is 29.6 Å². The monoisotopic (exact) mass is 384 g/mol. The fraction of sp³-hybridized carbons (Fsp3) is 0.0909. The lowest BCUT2D eigenvalue weighted by molar-refractivity contribution is -0.112. The van der Waals surface area contributed by atoms with E-state index in [1.165, 1.54) is 6.33 Å². The third-order valence-electron chi connectivity index (χ3n) is 4.35. The van der Waals surface area contributed by atoms with Crippen LogP contribution in [0.5, 0.6) is 0 Å². The molecule has 0 aliphatic carbocycles. The number of anilines is 3. The van der Waals surface area contributed by atoms with Gasteiger partial charge >= 0.3 is 0 Å². The number of nitrogen functional groups attached to an aromatic ring is 1. The fourth-order valence-corrected chi connectivity index (χ4v) is 2.83. The summed E-state index contributed by atoms with van der Waals surface area (Å²) in [5, 5.41) is 14.8. The van der Waals surface area contributed by atoms with Crippen LogP contribution in [-0.2, 0) is 4.79 Å². The Morgan fingerprint density at radius 3 is 2.66 bits per heavy atom. The van der Waals surface area contributed by atoms with Gasteiger partial charge in [-0.2, -0.15) is 5.26 Å². The fourth-order valence-electron chi connectivity index (χ4n) is 2.83. The molecule has 3 aromatic rings. The molecule has 2 aromatic carbocycles. The summed E-state index contributed by atoms with van der Waals surface area (Å²) in [4.78, 5) is 20.4. The second kappa shape index (κ2) is 8.67. The molecule has 4 N–H and O–H groups in total. The number of rotatable bonds is 6. The molecule has 0 saturated heterocycles. The van der Waals surface area contributed by atoms with Crippen LogP contribution in [0.1, 0.15) is 18.5 Å². The van der Waals surface area contributed by atoms with Crippen molar-refractivity contribution in [1.82, 2.24) is 9.97 Å². The van der Waals surface area contributed by atoms with E-state index in [9.17, 15) is 4.79 Å². The summed E-state index contributed by atoms with van der Waals surface area (Å²) in [6, 6.07) is 18.8. The van der Waals surface area contributed by atoms with Crippen LogP contribution in [0.3, 0.4) is 0 Å². The number of nitrogens with one attached hydrogen (secondary N) is 2. The van der Waals surface area contributed by atoms with Gasteiger partial charge in [-0.25, -0.2) is 9.97 Å². The number of benzene rings is 2. The van der Waals surface area contributed by atoms with Crippen LogP contribution in [-0.4, -0.2) is 15.9 Å². The average molecular weight is 384 g/mol. The number of carbonyl (C=O) groups is 1. The SMILES string of the molecule is C=C(C#N)C(=O)Nc1cccc(-c2c(N)ncnc2NC(C)c2ccccc2)c1. The third kappa shape index (κ3) is 4.57. The number of amides is 1. The first-order chi connectivity index (χ1) is 14.0. The Kier molecular flexibility index (Phi) is 5.85. The zero-order valence-electron chi connectivity index (χ0n) is 15.9. The lowest BCUT2D eigenvalue weighted by atomic mass is 10.0. The smallest absolute Gasteiger partial charge is 0.265 e. The highest BCUT2D eigenvalue weighted by atomic mass is 16.1. The molecule has 1 aromatic heterocycles. The number of hydrogen-bond donors (Lipinski definition) is 3. The summed E-state index contributed by atoms with van der Waals surface area (Å²) < 4.78 is 0. The number of carbonyl (C=O) groups excluding carboxylic acids is 1. The molecule has 3 rings (SSSR count). The van der Waals surface area contributed by atoms with Crippen LogP contribution < -0.4 is 16.4 Å². The Balaban J connectivity index is 1.93. The van der Waals surface area contributed by atoms with E-state index < -0.39 is 5.91 Å². The largest absolute Gasteiger partial charge is 0.383 e. The van der Waals surface area contributed by atoms with Gasteiger partial charge in [0, 0.05) is 11.7 Å². The molecule has 0 radical (unpaired) electrons. The van der Waals surface area contributed by atoms with Crippen molar-refractivity contribution in [1.29, 1.82) is 5.26 Å². The van der Waals surface area contributed by atoms with E-state index in [-0.39, 0.29) is 11.6 Å². The molecule has 0 aliphatic heterocycles. The van der Waals surface area contributed by atoms with E-state index in [1.54, 1.807) is 24.3 Å². The lowest BCUT2D eigenvalue weighted by Gasteiger charge is -2.18. The van der Waals surface area contributed by atoms with Crippen LogP contribution in [0.2, 0.25) is 0 Å². The van der Waals surface area contributed by atoms with Gasteiger partial charge in [-0.05, 0) is 30.2 Å². The predicted molar refractivity (Wildman–Crippen MR) is 114 cm³/mol. The normalized spacial score (nSPS) is 11.2. The summed E-state index contributed by atoms with van der Waals surface area (Å²) in [7, 11) is 0. The van der Waals surface area contributed by atoms with Crippen LogP contribution in [0, 0.1) is 11.3 Å². The average Bonchev–Trinajstić information content (AvgIpc) is 2.74. The van der Waals surface area contributed by atoms with Gasteiger partial charge in [-0.15, -0.1) is 0 Å². The van der Waals surface area contributed by atoms with Crippen LogP contribution in [0.4, 0.5) is 17.3 Å². The molecule has 0 aliphatic rings. The molecule has 0 fully saturated rings. The van der Waals surface area contributed by atoms with Crippen LogP contribution >= 0.6 is 0 Å². The summed E-state index contributed by atoms with van der Waals surface area (Å²) in [5.74, 6) is 0.337. The van der Waals surface area contributed by atoms with E-state index in [2.05, 4.69) is 27.2 Å². The maximum Gasteiger partial charge on any atom is 0.265 e. The van der Waals surface area contributed by atoms with Gasteiger partial charge in [0.15, 0.2) is 0 Å². The second-order valence-corrected chi connectivity index (χ2v) is 6.38. The summed E-state index contributed by atoms with van der Waals surface area (Å²) in [6.45, 7) is 5.45. The van der Waals surface area contributed by atoms with Crippen molar-refractivity contribution in [3.05, 3.63) is 78.6 Å². The Bertz CT molecular complexity index is 1090. The number of hydrogen-bond acceptors (Lipinski definition) is 6. The van der Waals surface area contributed by atoms with Gasteiger partial charge in [-0.3, -0.25) is 4.79 Å². The minimum Gasteiger partial charge on any atom is -0.383 e. The van der Waals surface area contributed by atoms with Gasteiger partial charge in [0.25, 0.3) is 5.91 Å². The minimum absolute atomic E-state index is 0.00825. The van der Waals surface area contributed by atoms with Crippen molar-refractivity contribution in [2.24, 2.45) is 0 Å². The summed E-state index contributed by atoms with van der Waals surface area (Å²) >= 11 is 0. The quantitative estimate of drug-likeness (QED) is 0.438. The Hall–Kier alpha value is -4.18. The standard InChI is InChI=1S/C22H20N6O/c1-14(12-23)22(29)28-18-10-6-9-17(11-18)19-20(24)25-13-26-21(19)27-15(2)16-7-4-3-5-8-16/h3-11,13,15H,1H2,2H3,(H,28,29)(H3,24,25,26,27). The molecule has 1 heterocycles. The zero-order chi connectivity index (χ0) is 20.8. The van der Waals surface area contributed by atoms with Gasteiger partial charge in [-0.1, -0.05) is 49.0 Å². The highest BCUT2D eigenvalue weighted by molar-refractivity contribution is 6.06. The van der Waals surface area contributed by atoms with E-state index in [0.717, 1.165) is 11.1 Å². The third-order valence-corrected chi connectivity index (χ3v) is 4.35. The van der Waals surface area contributed by atoms with Crippen molar-refractivity contribution < 1.29 is 4.79 Å². The second-order valence-electron chi connectivity index (χ2n) is 6.38. The molecule has 144 valence electrons. The van der Waals surface area contributed by atoms with E-state index >= 15 is 0 Å². The summed E-state index contributed by atoms with van der Waals surface area (Å²) in [6.07, 6.45) is 1.40. The lowest BCUT2D eigenvalue weighted by Crippen LogP contribution is -2.13. The zero-order valence-corrected chi connectivity index (χ0v) is 15.9. The van der Waals surface area contributed by atoms with Crippen LogP contribution in [0.15, 0.2) is 73.1 Å². The number of nitriles is 1. The molecule has 0 spiro atoms. The van der Waals surface area contributed by atoms with Crippen molar-refractivity contribution >= 4 is 23.2 Å². The van der Waals surface area contributed by atoms with E-state index in [4.69, 9.17) is 11.0 Å². The molecule has 1 amide bonds. The van der Waals surface area contributed by atoms with Gasteiger partial charge < -0.3 is 16.4 Å². The predicted octanol–water partition coefficient (Wildman–Crippen LogP) is 3.92. The molecule has 7 heteroatoms. The van der Waals surface area contributed by atoms with Crippen molar-refractivity contribution in [3.63, 3.8) is 0 Å². The van der Waals surface area contributed by atoms with Gasteiger partial charge in [0.2, 0.25) is 0 Å². The molecule has 0 saturated carbocycles. The number of nitrogens with two attached hydrogens (primary N) is 1. The first-order valence-corrected chi connectivity index (χ1v) is 8.92.